The lowest BCUT2D eigenvalue weighted by atomic mass is 10.0. The Morgan fingerprint density at radius 1 is 1.00 bits per heavy atom. The van der Waals surface area contributed by atoms with Gasteiger partial charge in [0.1, 0.15) is 17.5 Å². The van der Waals surface area contributed by atoms with Gasteiger partial charge < -0.3 is 29.9 Å². The minimum absolute atomic E-state index is 0.103. The number of likely N-dealkylation sites (N-methyl/N-ethyl adjacent to an activating group) is 1. The minimum Gasteiger partial charge on any atom is -0.488 e. The number of aromatic nitrogens is 2. The molecule has 3 aromatic carbocycles. The summed E-state index contributed by atoms with van der Waals surface area (Å²) in [7, 11) is 2.13. The average molecular weight is 625 g/mol. The van der Waals surface area contributed by atoms with E-state index < -0.39 is 11.7 Å². The van der Waals surface area contributed by atoms with E-state index in [0.717, 1.165) is 57.7 Å². The van der Waals surface area contributed by atoms with E-state index in [0.29, 0.717) is 22.2 Å². The predicted octanol–water partition coefficient (Wildman–Crippen LogP) is 5.57. The number of benzene rings is 3. The summed E-state index contributed by atoms with van der Waals surface area (Å²) < 4.78 is 13.5. The molecule has 2 aliphatic rings. The molecule has 0 spiro atoms. The van der Waals surface area contributed by atoms with Crippen LogP contribution >= 0.6 is 0 Å². The van der Waals surface area contributed by atoms with Crippen LogP contribution in [-0.2, 0) is 11.2 Å². The average Bonchev–Trinajstić information content (AvgIpc) is 3.70. The first-order valence-corrected chi connectivity index (χ1v) is 16.2. The maximum atomic E-state index is 13.4. The molecule has 1 aromatic heterocycles. The molecule has 10 heteroatoms. The smallest absolute Gasteiger partial charge is 0.435 e. The summed E-state index contributed by atoms with van der Waals surface area (Å²) in [6, 6.07) is 23.7. The van der Waals surface area contributed by atoms with E-state index in [-0.39, 0.29) is 23.9 Å². The number of rotatable bonds is 8. The van der Waals surface area contributed by atoms with E-state index in [1.165, 1.54) is 10.2 Å². The number of hydrogen-bond donors (Lipinski definition) is 2. The van der Waals surface area contributed by atoms with Crippen LogP contribution in [0.25, 0.3) is 10.9 Å². The highest BCUT2D eigenvalue weighted by molar-refractivity contribution is 6.09. The summed E-state index contributed by atoms with van der Waals surface area (Å²) >= 11 is 0. The maximum absolute atomic E-state index is 13.4. The number of nitrogens with one attached hydrogen (secondary N) is 2. The van der Waals surface area contributed by atoms with Crippen LogP contribution in [-0.4, -0.2) is 84.2 Å². The van der Waals surface area contributed by atoms with Crippen molar-refractivity contribution in [1.82, 2.24) is 20.0 Å². The van der Waals surface area contributed by atoms with Gasteiger partial charge in [0.15, 0.2) is 5.82 Å². The van der Waals surface area contributed by atoms with Crippen molar-refractivity contribution in [3.63, 3.8) is 0 Å². The predicted molar refractivity (Wildman–Crippen MR) is 181 cm³/mol. The van der Waals surface area contributed by atoms with Gasteiger partial charge in [-0.1, -0.05) is 30.3 Å². The number of piperazine rings is 1. The Bertz CT molecular complexity index is 1650. The second-order valence-corrected chi connectivity index (χ2v) is 13.3. The van der Waals surface area contributed by atoms with Crippen LogP contribution in [0.1, 0.15) is 49.5 Å². The number of anilines is 2. The molecule has 0 aliphatic carbocycles. The molecule has 2 saturated heterocycles. The van der Waals surface area contributed by atoms with Gasteiger partial charge in [-0.25, -0.2) is 4.79 Å². The zero-order chi connectivity index (χ0) is 32.3. The fourth-order valence-electron chi connectivity index (χ4n) is 6.09. The first kappa shape index (κ1) is 31.6. The summed E-state index contributed by atoms with van der Waals surface area (Å²) in [5.74, 6) is 0.583. The lowest BCUT2D eigenvalue weighted by molar-refractivity contribution is 0.0522. The van der Waals surface area contributed by atoms with Gasteiger partial charge in [-0.05, 0) is 89.2 Å². The van der Waals surface area contributed by atoms with Crippen molar-refractivity contribution in [2.45, 2.75) is 57.8 Å². The molecule has 2 N–H and O–H groups in total. The Kier molecular flexibility index (Phi) is 9.28. The summed E-state index contributed by atoms with van der Waals surface area (Å²) in [5, 5.41) is 11.7. The zero-order valence-corrected chi connectivity index (χ0v) is 27.2. The first-order valence-electron chi connectivity index (χ1n) is 16.2. The topological polar surface area (TPSA) is 101 Å². The molecule has 2 unspecified atom stereocenters. The number of amides is 1. The monoisotopic (exact) mass is 624 g/mol. The van der Waals surface area contributed by atoms with Crippen molar-refractivity contribution >= 4 is 34.4 Å². The number of ether oxygens (including phenoxy) is 2. The molecular weight excluding hydrogens is 580 g/mol. The number of carbonyl (C=O) groups is 2. The van der Waals surface area contributed by atoms with Crippen molar-refractivity contribution in [2.75, 3.05) is 50.0 Å². The normalized spacial score (nSPS) is 18.0. The lowest BCUT2D eigenvalue weighted by Crippen LogP contribution is -2.44. The highest BCUT2D eigenvalue weighted by Gasteiger charge is 2.28. The van der Waals surface area contributed by atoms with Gasteiger partial charge in [-0.15, -0.1) is 5.10 Å². The maximum Gasteiger partial charge on any atom is 0.435 e. The van der Waals surface area contributed by atoms with Crippen LogP contribution in [0.4, 0.5) is 16.3 Å². The minimum atomic E-state index is -0.729. The van der Waals surface area contributed by atoms with Gasteiger partial charge in [0.25, 0.3) is 5.91 Å². The van der Waals surface area contributed by atoms with Crippen LogP contribution in [0.15, 0.2) is 72.8 Å². The molecule has 0 bridgehead atoms. The second kappa shape index (κ2) is 13.5. The molecule has 2 fully saturated rings. The molecule has 3 heterocycles. The van der Waals surface area contributed by atoms with Gasteiger partial charge in [0.2, 0.25) is 0 Å². The molecule has 0 radical (unpaired) electrons. The number of fused-ring (bicyclic) bond motifs is 1. The van der Waals surface area contributed by atoms with Gasteiger partial charge in [0.05, 0.1) is 5.52 Å². The Hall–Kier alpha value is -4.41. The SMILES string of the molecule is CN1CCN(c2ccc(C(=O)Nc3nn(C(=O)OC(C)(C)C)c4cc(OC(Cc5ccccc5)C5CCCN5)ccc34)cc2)CC1. The zero-order valence-electron chi connectivity index (χ0n) is 27.2. The molecule has 242 valence electrons. The Balaban J connectivity index is 1.26. The van der Waals surface area contributed by atoms with Gasteiger partial charge in [-0.3, -0.25) is 4.79 Å². The molecule has 0 saturated carbocycles. The Morgan fingerprint density at radius 3 is 2.41 bits per heavy atom. The fraction of sp³-hybridized carbons (Fsp3) is 0.417. The van der Waals surface area contributed by atoms with Crippen molar-refractivity contribution in [1.29, 1.82) is 0 Å². The van der Waals surface area contributed by atoms with E-state index >= 15 is 0 Å². The second-order valence-electron chi connectivity index (χ2n) is 13.3. The van der Waals surface area contributed by atoms with Crippen molar-refractivity contribution in [3.8, 4) is 5.75 Å². The highest BCUT2D eigenvalue weighted by Crippen LogP contribution is 2.30. The Labute approximate surface area is 270 Å². The quantitative estimate of drug-likeness (QED) is 0.263. The molecule has 2 atom stereocenters. The van der Waals surface area contributed by atoms with Crippen LogP contribution in [0.3, 0.4) is 0 Å². The highest BCUT2D eigenvalue weighted by atomic mass is 16.6. The number of carbonyl (C=O) groups excluding carboxylic acids is 2. The van der Waals surface area contributed by atoms with Crippen molar-refractivity contribution in [2.24, 2.45) is 0 Å². The summed E-state index contributed by atoms with van der Waals surface area (Å²) in [6.45, 7) is 10.3. The third-order valence-electron chi connectivity index (χ3n) is 8.56. The molecule has 1 amide bonds. The molecule has 4 aromatic rings. The van der Waals surface area contributed by atoms with Gasteiger partial charge in [0, 0.05) is 61.3 Å². The third-order valence-corrected chi connectivity index (χ3v) is 8.56. The van der Waals surface area contributed by atoms with Crippen molar-refractivity contribution in [3.05, 3.63) is 83.9 Å². The van der Waals surface area contributed by atoms with Crippen LogP contribution in [0, 0.1) is 0 Å². The largest absolute Gasteiger partial charge is 0.488 e. The fourth-order valence-corrected chi connectivity index (χ4v) is 6.09. The summed E-state index contributed by atoms with van der Waals surface area (Å²) in [4.78, 5) is 31.4. The molecule has 46 heavy (non-hydrogen) atoms. The standard InChI is InChI=1S/C36H44N6O4/c1-36(2,3)46-35(44)42-31-24-28(45-32(30-11-8-18-37-30)23-25-9-6-5-7-10-25)16-17-29(31)33(39-42)38-34(43)26-12-14-27(15-13-26)41-21-19-40(4)20-22-41/h5-7,9-10,12-17,24,30,32,37H,8,11,18-23H2,1-4H3,(H,38,39,43). The van der Waals surface area contributed by atoms with E-state index in [1.807, 2.05) is 75.4 Å². The van der Waals surface area contributed by atoms with E-state index in [1.54, 1.807) is 6.07 Å². The summed E-state index contributed by atoms with van der Waals surface area (Å²) in [5.41, 5.74) is 2.56. The molecule has 2 aliphatic heterocycles. The number of nitrogens with zero attached hydrogens (tertiary/aromatic N) is 4. The van der Waals surface area contributed by atoms with Gasteiger partial charge in [-0.2, -0.15) is 4.68 Å². The van der Waals surface area contributed by atoms with E-state index in [9.17, 15) is 9.59 Å². The van der Waals surface area contributed by atoms with E-state index in [4.69, 9.17) is 9.47 Å². The van der Waals surface area contributed by atoms with Crippen LogP contribution in [0.2, 0.25) is 0 Å². The van der Waals surface area contributed by atoms with Gasteiger partial charge >= 0.3 is 6.09 Å². The molecule has 10 nitrogen and oxygen atoms in total. The number of hydrogen-bond acceptors (Lipinski definition) is 8. The Morgan fingerprint density at radius 2 is 1.74 bits per heavy atom. The first-order chi connectivity index (χ1) is 22.1. The van der Waals surface area contributed by atoms with Crippen LogP contribution < -0.4 is 20.3 Å². The molecule has 6 rings (SSSR count). The van der Waals surface area contributed by atoms with Crippen molar-refractivity contribution < 1.29 is 19.1 Å². The third kappa shape index (κ3) is 7.51. The summed E-state index contributed by atoms with van der Waals surface area (Å²) in [6.07, 6.45) is 2.14. The molecular formula is C36H44N6O4. The van der Waals surface area contributed by atoms with Crippen LogP contribution in [0.5, 0.6) is 5.75 Å². The lowest BCUT2D eigenvalue weighted by Gasteiger charge is -2.34. The van der Waals surface area contributed by atoms with E-state index in [2.05, 4.69) is 44.7 Å².